The van der Waals surface area contributed by atoms with Crippen LogP contribution in [0.25, 0.3) is 50.3 Å². The van der Waals surface area contributed by atoms with Crippen LogP contribution in [0.3, 0.4) is 0 Å². The molecule has 0 aliphatic heterocycles. The van der Waals surface area contributed by atoms with Crippen molar-refractivity contribution in [2.24, 2.45) is 0 Å². The number of benzene rings is 3. The first-order chi connectivity index (χ1) is 19.3. The third-order valence-corrected chi connectivity index (χ3v) is 6.55. The first-order valence-electron chi connectivity index (χ1n) is 12.0. The van der Waals surface area contributed by atoms with Gasteiger partial charge in [0, 0.05) is 46.7 Å². The van der Waals surface area contributed by atoms with E-state index in [1.165, 1.54) is 30.9 Å². The van der Waals surface area contributed by atoms with E-state index in [1.807, 2.05) is 37.3 Å². The molecular weight excluding hydrogens is 515 g/mol. The summed E-state index contributed by atoms with van der Waals surface area (Å²) in [7, 11) is 0. The summed E-state index contributed by atoms with van der Waals surface area (Å²) >= 11 is 0. The van der Waals surface area contributed by atoms with Crippen molar-refractivity contribution >= 4 is 21.8 Å². The average Bonchev–Trinajstić information content (AvgIpc) is 3.29. The molecule has 6 aromatic rings. The van der Waals surface area contributed by atoms with E-state index in [9.17, 15) is 18.4 Å². The summed E-state index contributed by atoms with van der Waals surface area (Å²) in [5, 5.41) is 19.8. The summed E-state index contributed by atoms with van der Waals surface area (Å²) in [5.74, 6) is 0.608. The molecule has 6 rings (SSSR count). The third-order valence-electron chi connectivity index (χ3n) is 6.55. The van der Waals surface area contributed by atoms with Crippen LogP contribution in [0.5, 0.6) is 0 Å². The summed E-state index contributed by atoms with van der Waals surface area (Å²) < 4.78 is 43.1. The standard InChI is InChI=1S/C30H16F3N7/c1-17-2-5-22-23-6-4-21(30(31,32)33)10-27(23)40(26(22)8-17)25-7-3-20(28-36-13-18(11-34)14-37-28)9-24(25)29-38-15-19(12-35)16-39-29/h2-10,13-16H,1H3. The molecule has 0 aliphatic rings. The van der Waals surface area contributed by atoms with Gasteiger partial charge in [-0.2, -0.15) is 23.7 Å². The molecule has 0 aliphatic carbocycles. The van der Waals surface area contributed by atoms with Crippen LogP contribution < -0.4 is 0 Å². The van der Waals surface area contributed by atoms with Gasteiger partial charge < -0.3 is 4.57 Å². The lowest BCUT2D eigenvalue weighted by molar-refractivity contribution is -0.137. The number of aryl methyl sites for hydroxylation is 1. The Kier molecular flexibility index (Phi) is 5.74. The molecule has 0 radical (unpaired) electrons. The van der Waals surface area contributed by atoms with Crippen LogP contribution in [0.1, 0.15) is 22.3 Å². The number of nitrogens with zero attached hydrogens (tertiary/aromatic N) is 7. The number of alkyl halides is 3. The maximum Gasteiger partial charge on any atom is 0.416 e. The smallest absolute Gasteiger partial charge is 0.308 e. The Balaban J connectivity index is 1.68. The van der Waals surface area contributed by atoms with Gasteiger partial charge in [-0.05, 0) is 48.9 Å². The Hall–Kier alpha value is -5.61. The zero-order chi connectivity index (χ0) is 28.0. The van der Waals surface area contributed by atoms with Gasteiger partial charge in [0.25, 0.3) is 0 Å². The molecule has 0 saturated heterocycles. The minimum absolute atomic E-state index is 0.263. The molecule has 0 atom stereocenters. The van der Waals surface area contributed by atoms with E-state index in [0.717, 1.165) is 23.1 Å². The Labute approximate surface area is 225 Å². The second-order valence-electron chi connectivity index (χ2n) is 9.13. The quantitative estimate of drug-likeness (QED) is 0.250. The molecule has 0 saturated carbocycles. The number of hydrogen-bond donors (Lipinski definition) is 0. The van der Waals surface area contributed by atoms with Gasteiger partial charge >= 0.3 is 6.18 Å². The lowest BCUT2D eigenvalue weighted by Crippen LogP contribution is -2.05. The fourth-order valence-electron chi connectivity index (χ4n) is 4.67. The molecule has 7 nitrogen and oxygen atoms in total. The first-order valence-corrected chi connectivity index (χ1v) is 12.0. The zero-order valence-corrected chi connectivity index (χ0v) is 20.8. The van der Waals surface area contributed by atoms with E-state index >= 15 is 0 Å². The summed E-state index contributed by atoms with van der Waals surface area (Å²) in [6.07, 6.45) is 1.05. The van der Waals surface area contributed by atoms with Crippen LogP contribution in [0.2, 0.25) is 0 Å². The van der Waals surface area contributed by atoms with Gasteiger partial charge in [0.2, 0.25) is 0 Å². The highest BCUT2D eigenvalue weighted by Gasteiger charge is 2.31. The van der Waals surface area contributed by atoms with Crippen molar-refractivity contribution in [3.8, 4) is 40.6 Å². The molecule has 0 amide bonds. The van der Waals surface area contributed by atoms with Crippen molar-refractivity contribution in [1.82, 2.24) is 24.5 Å². The average molecular weight is 532 g/mol. The molecule has 0 spiro atoms. The Bertz CT molecular complexity index is 2010. The SMILES string of the molecule is Cc1ccc2c3ccc(C(F)(F)F)cc3n(-c3ccc(-c4ncc(C#N)cn4)cc3-c3ncc(C#N)cn3)c2c1. The molecule has 0 bridgehead atoms. The van der Waals surface area contributed by atoms with Gasteiger partial charge in [-0.3, -0.25) is 0 Å². The molecule has 0 unspecified atom stereocenters. The molecule has 0 N–H and O–H groups in total. The van der Waals surface area contributed by atoms with E-state index in [2.05, 4.69) is 19.9 Å². The third kappa shape index (κ3) is 4.18. The molecule has 3 aromatic heterocycles. The van der Waals surface area contributed by atoms with E-state index in [1.54, 1.807) is 22.8 Å². The topological polar surface area (TPSA) is 104 Å². The van der Waals surface area contributed by atoms with E-state index in [4.69, 9.17) is 5.26 Å². The highest BCUT2D eigenvalue weighted by Crippen LogP contribution is 2.39. The number of rotatable bonds is 3. The van der Waals surface area contributed by atoms with Crippen LogP contribution >= 0.6 is 0 Å². The molecule has 10 heteroatoms. The largest absolute Gasteiger partial charge is 0.416 e. The van der Waals surface area contributed by atoms with Crippen molar-refractivity contribution in [2.45, 2.75) is 13.1 Å². The molecular formula is C30H16F3N7. The second kappa shape index (κ2) is 9.29. The maximum atomic E-state index is 13.8. The Morgan fingerprint density at radius 3 is 1.88 bits per heavy atom. The van der Waals surface area contributed by atoms with Crippen molar-refractivity contribution in [3.63, 3.8) is 0 Å². The highest BCUT2D eigenvalue weighted by molar-refractivity contribution is 6.10. The minimum Gasteiger partial charge on any atom is -0.308 e. The number of nitriles is 2. The van der Waals surface area contributed by atoms with Gasteiger partial charge in [0.1, 0.15) is 12.1 Å². The minimum atomic E-state index is -4.53. The van der Waals surface area contributed by atoms with Gasteiger partial charge in [0.05, 0.1) is 33.4 Å². The van der Waals surface area contributed by atoms with Crippen molar-refractivity contribution < 1.29 is 13.2 Å². The lowest BCUT2D eigenvalue weighted by atomic mass is 10.1. The highest BCUT2D eigenvalue weighted by atomic mass is 19.4. The number of hydrogen-bond acceptors (Lipinski definition) is 6. The maximum absolute atomic E-state index is 13.8. The van der Waals surface area contributed by atoms with Crippen molar-refractivity contribution in [1.29, 1.82) is 10.5 Å². The zero-order valence-electron chi connectivity index (χ0n) is 20.8. The van der Waals surface area contributed by atoms with E-state index < -0.39 is 11.7 Å². The van der Waals surface area contributed by atoms with Crippen molar-refractivity contribution in [3.05, 3.63) is 102 Å². The summed E-state index contributed by atoms with van der Waals surface area (Å²) in [4.78, 5) is 17.3. The summed E-state index contributed by atoms with van der Waals surface area (Å²) in [6.45, 7) is 1.92. The molecule has 192 valence electrons. The number of halogens is 3. The second-order valence-corrected chi connectivity index (χ2v) is 9.13. The molecule has 3 aromatic carbocycles. The fourth-order valence-corrected chi connectivity index (χ4v) is 4.67. The van der Waals surface area contributed by atoms with Crippen LogP contribution in [0, 0.1) is 29.6 Å². The van der Waals surface area contributed by atoms with E-state index in [-0.39, 0.29) is 11.4 Å². The number of aromatic nitrogens is 5. The predicted molar refractivity (Wildman–Crippen MR) is 142 cm³/mol. The molecule has 3 heterocycles. The summed E-state index contributed by atoms with van der Waals surface area (Å²) in [5.41, 5.74) is 3.44. The Morgan fingerprint density at radius 2 is 1.27 bits per heavy atom. The first kappa shape index (κ1) is 24.7. The van der Waals surface area contributed by atoms with E-state index in [0.29, 0.717) is 44.6 Å². The summed E-state index contributed by atoms with van der Waals surface area (Å²) in [6, 6.07) is 18.7. The molecule has 40 heavy (non-hydrogen) atoms. The fraction of sp³-hybridized carbons (Fsp3) is 0.0667. The van der Waals surface area contributed by atoms with Crippen LogP contribution in [0.15, 0.2) is 79.4 Å². The van der Waals surface area contributed by atoms with Crippen molar-refractivity contribution in [2.75, 3.05) is 0 Å². The number of fused-ring (bicyclic) bond motifs is 3. The lowest BCUT2D eigenvalue weighted by Gasteiger charge is -2.15. The van der Waals surface area contributed by atoms with Gasteiger partial charge in [-0.15, -0.1) is 0 Å². The van der Waals surface area contributed by atoms with Gasteiger partial charge in [-0.25, -0.2) is 19.9 Å². The van der Waals surface area contributed by atoms with Crippen LogP contribution in [0.4, 0.5) is 13.2 Å². The van der Waals surface area contributed by atoms with Crippen LogP contribution in [-0.2, 0) is 6.18 Å². The Morgan fingerprint density at radius 1 is 0.700 bits per heavy atom. The van der Waals surface area contributed by atoms with Crippen LogP contribution in [-0.4, -0.2) is 24.5 Å². The molecule has 0 fully saturated rings. The predicted octanol–water partition coefficient (Wildman–Crippen LogP) is 6.77. The normalized spacial score (nSPS) is 11.4. The van der Waals surface area contributed by atoms with Gasteiger partial charge in [0.15, 0.2) is 11.6 Å². The van der Waals surface area contributed by atoms with Gasteiger partial charge in [-0.1, -0.05) is 18.2 Å². The monoisotopic (exact) mass is 531 g/mol.